The number of rotatable bonds is 2. The van der Waals surface area contributed by atoms with E-state index in [-0.39, 0.29) is 5.82 Å². The van der Waals surface area contributed by atoms with Gasteiger partial charge in [-0.2, -0.15) is 0 Å². The number of hydrogen-bond acceptors (Lipinski definition) is 1. The van der Waals surface area contributed by atoms with Crippen LogP contribution in [0.1, 0.15) is 30.4 Å². The van der Waals surface area contributed by atoms with Crippen molar-refractivity contribution in [3.63, 3.8) is 0 Å². The molecule has 0 atom stereocenters. The first-order valence-electron chi connectivity index (χ1n) is 5.56. The molecule has 2 heteroatoms. The van der Waals surface area contributed by atoms with Crippen LogP contribution in [0, 0.1) is 18.2 Å². The maximum Gasteiger partial charge on any atom is 0.123 e. The van der Waals surface area contributed by atoms with Gasteiger partial charge in [-0.1, -0.05) is 6.07 Å². The van der Waals surface area contributed by atoms with Gasteiger partial charge in [0.15, 0.2) is 0 Å². The van der Waals surface area contributed by atoms with Gasteiger partial charge in [0.2, 0.25) is 0 Å². The number of nitrogens with two attached hydrogens (primary N) is 1. The molecule has 0 aromatic heterocycles. The number of aryl methyl sites for hydroxylation is 1. The Hall–Kier alpha value is -0.890. The van der Waals surface area contributed by atoms with E-state index in [1.165, 1.54) is 24.8 Å². The van der Waals surface area contributed by atoms with Crippen LogP contribution in [0.25, 0.3) is 0 Å². The van der Waals surface area contributed by atoms with E-state index >= 15 is 0 Å². The minimum absolute atomic E-state index is 0.128. The van der Waals surface area contributed by atoms with Crippen LogP contribution in [0.5, 0.6) is 0 Å². The van der Waals surface area contributed by atoms with E-state index in [0.717, 1.165) is 12.1 Å². The summed E-state index contributed by atoms with van der Waals surface area (Å²) in [5.41, 5.74) is 8.99. The van der Waals surface area contributed by atoms with E-state index in [9.17, 15) is 4.39 Å². The molecule has 1 nitrogen and oxygen atoms in total. The minimum Gasteiger partial charge on any atom is -0.330 e. The molecule has 0 unspecified atom stereocenters. The SMILES string of the molecule is Cc1cc(F)ccc1C12CC(CN)(C1)C2. The van der Waals surface area contributed by atoms with Crippen molar-refractivity contribution < 1.29 is 4.39 Å². The lowest BCUT2D eigenvalue weighted by molar-refractivity contribution is -0.133. The molecule has 2 N–H and O–H groups in total. The molecule has 0 amide bonds. The van der Waals surface area contributed by atoms with Crippen LogP contribution in [-0.2, 0) is 5.41 Å². The predicted molar refractivity (Wildman–Crippen MR) is 58.2 cm³/mol. The molecular weight excluding hydrogens is 189 g/mol. The van der Waals surface area contributed by atoms with Crippen LogP contribution in [0.2, 0.25) is 0 Å². The van der Waals surface area contributed by atoms with Crippen LogP contribution in [0.3, 0.4) is 0 Å². The summed E-state index contributed by atoms with van der Waals surface area (Å²) in [5.74, 6) is -0.128. The summed E-state index contributed by atoms with van der Waals surface area (Å²) in [7, 11) is 0. The standard InChI is InChI=1S/C13H16FN/c1-9-4-10(14)2-3-11(9)13-5-12(6-13,7-13)8-15/h2-4H,5-8,15H2,1H3. The normalized spacial score (nSPS) is 37.0. The molecule has 0 spiro atoms. The molecule has 1 aromatic rings. The molecule has 0 heterocycles. The summed E-state index contributed by atoms with van der Waals surface area (Å²) in [5, 5.41) is 0. The molecule has 0 radical (unpaired) electrons. The van der Waals surface area contributed by atoms with Gasteiger partial charge in [-0.05, 0) is 66.8 Å². The summed E-state index contributed by atoms with van der Waals surface area (Å²) < 4.78 is 13.0. The fourth-order valence-corrected chi connectivity index (χ4v) is 3.72. The molecule has 0 aliphatic heterocycles. The van der Waals surface area contributed by atoms with E-state index in [1.807, 2.05) is 13.0 Å². The van der Waals surface area contributed by atoms with Gasteiger partial charge in [0.1, 0.15) is 5.82 Å². The van der Waals surface area contributed by atoms with Gasteiger partial charge < -0.3 is 5.73 Å². The summed E-state index contributed by atoms with van der Waals surface area (Å²) in [6.07, 6.45) is 3.63. The molecule has 3 aliphatic carbocycles. The second kappa shape index (κ2) is 2.62. The highest BCUT2D eigenvalue weighted by atomic mass is 19.1. The molecular formula is C13H16FN. The molecule has 0 saturated heterocycles. The fraction of sp³-hybridized carbons (Fsp3) is 0.538. The lowest BCUT2D eigenvalue weighted by atomic mass is 9.33. The van der Waals surface area contributed by atoms with Gasteiger partial charge in [0.25, 0.3) is 0 Å². The molecule has 15 heavy (non-hydrogen) atoms. The quantitative estimate of drug-likeness (QED) is 0.788. The second-order valence-electron chi connectivity index (χ2n) is 5.47. The van der Waals surface area contributed by atoms with Crippen molar-refractivity contribution in [1.29, 1.82) is 0 Å². The Kier molecular flexibility index (Phi) is 1.63. The molecule has 2 bridgehead atoms. The topological polar surface area (TPSA) is 26.0 Å². The fourth-order valence-electron chi connectivity index (χ4n) is 3.72. The van der Waals surface area contributed by atoms with Gasteiger partial charge in [0.05, 0.1) is 0 Å². The highest BCUT2D eigenvalue weighted by Gasteiger charge is 2.67. The molecule has 80 valence electrons. The van der Waals surface area contributed by atoms with Gasteiger partial charge in [-0.3, -0.25) is 0 Å². The van der Waals surface area contributed by atoms with E-state index < -0.39 is 0 Å². The third-order valence-electron chi connectivity index (χ3n) is 4.33. The minimum atomic E-state index is -0.128. The Morgan fingerprint density at radius 2 is 2.00 bits per heavy atom. The molecule has 3 fully saturated rings. The monoisotopic (exact) mass is 205 g/mol. The summed E-state index contributed by atoms with van der Waals surface area (Å²) in [6, 6.07) is 5.19. The second-order valence-corrected chi connectivity index (χ2v) is 5.47. The van der Waals surface area contributed by atoms with E-state index in [0.29, 0.717) is 10.8 Å². The van der Waals surface area contributed by atoms with Crippen molar-refractivity contribution in [1.82, 2.24) is 0 Å². The zero-order valence-electron chi connectivity index (χ0n) is 9.02. The maximum atomic E-state index is 13.0. The first-order chi connectivity index (χ1) is 7.09. The van der Waals surface area contributed by atoms with Crippen LogP contribution in [0.15, 0.2) is 18.2 Å². The van der Waals surface area contributed by atoms with Gasteiger partial charge in [0, 0.05) is 0 Å². The van der Waals surface area contributed by atoms with Crippen LogP contribution >= 0.6 is 0 Å². The molecule has 3 aliphatic rings. The summed E-state index contributed by atoms with van der Waals surface area (Å²) >= 11 is 0. The van der Waals surface area contributed by atoms with Crippen molar-refractivity contribution in [3.8, 4) is 0 Å². The van der Waals surface area contributed by atoms with Crippen molar-refractivity contribution in [2.75, 3.05) is 6.54 Å². The van der Waals surface area contributed by atoms with Crippen molar-refractivity contribution >= 4 is 0 Å². The Morgan fingerprint density at radius 3 is 2.53 bits per heavy atom. The third kappa shape index (κ3) is 1.06. The van der Waals surface area contributed by atoms with E-state index in [2.05, 4.69) is 0 Å². The third-order valence-corrected chi connectivity index (χ3v) is 4.33. The van der Waals surface area contributed by atoms with Crippen LogP contribution < -0.4 is 5.73 Å². The van der Waals surface area contributed by atoms with Crippen LogP contribution in [-0.4, -0.2) is 6.54 Å². The highest BCUT2D eigenvalue weighted by molar-refractivity contribution is 5.43. The van der Waals surface area contributed by atoms with Gasteiger partial charge >= 0.3 is 0 Å². The smallest absolute Gasteiger partial charge is 0.123 e. The molecule has 1 aromatic carbocycles. The van der Waals surface area contributed by atoms with Crippen molar-refractivity contribution in [3.05, 3.63) is 35.1 Å². The lowest BCUT2D eigenvalue weighted by Crippen LogP contribution is -2.67. The average molecular weight is 205 g/mol. The Labute approximate surface area is 89.5 Å². The first kappa shape index (κ1) is 9.34. The zero-order valence-corrected chi connectivity index (χ0v) is 9.02. The van der Waals surface area contributed by atoms with Gasteiger partial charge in [-0.15, -0.1) is 0 Å². The average Bonchev–Trinajstić information content (AvgIpc) is 2.04. The highest BCUT2D eigenvalue weighted by Crippen LogP contribution is 2.73. The first-order valence-corrected chi connectivity index (χ1v) is 5.56. The number of hydrogen-bond donors (Lipinski definition) is 1. The maximum absolute atomic E-state index is 13.0. The lowest BCUT2D eigenvalue weighted by Gasteiger charge is -2.71. The molecule has 3 saturated carbocycles. The van der Waals surface area contributed by atoms with Gasteiger partial charge in [-0.25, -0.2) is 4.39 Å². The number of halogens is 1. The summed E-state index contributed by atoms with van der Waals surface area (Å²) in [4.78, 5) is 0. The van der Waals surface area contributed by atoms with E-state index in [1.54, 1.807) is 12.1 Å². The predicted octanol–water partition coefficient (Wildman–Crippen LogP) is 2.51. The molecule has 4 rings (SSSR count). The summed E-state index contributed by atoms with van der Waals surface area (Å²) in [6.45, 7) is 2.82. The number of benzene rings is 1. The Morgan fingerprint density at radius 1 is 1.33 bits per heavy atom. The zero-order chi connectivity index (χ0) is 10.7. The Balaban J connectivity index is 1.91. The van der Waals surface area contributed by atoms with Crippen molar-refractivity contribution in [2.24, 2.45) is 11.1 Å². The largest absolute Gasteiger partial charge is 0.330 e. The Bertz CT molecular complexity index is 405. The van der Waals surface area contributed by atoms with Crippen molar-refractivity contribution in [2.45, 2.75) is 31.6 Å². The van der Waals surface area contributed by atoms with Crippen LogP contribution in [0.4, 0.5) is 4.39 Å². The van der Waals surface area contributed by atoms with E-state index in [4.69, 9.17) is 5.73 Å².